The smallest absolute Gasteiger partial charge is 0.410 e. The molecule has 106 valence electrons. The van der Waals surface area contributed by atoms with Gasteiger partial charge in [-0.1, -0.05) is 0 Å². The minimum atomic E-state index is -0.533. The van der Waals surface area contributed by atoms with Crippen molar-refractivity contribution in [1.82, 2.24) is 14.8 Å². The molecule has 1 aromatic heterocycles. The fraction of sp³-hybridized carbons (Fsp3) is 0.462. The second-order valence-corrected chi connectivity index (χ2v) is 4.89. The molecular weight excluding hydrogens is 265 g/mol. The fourth-order valence-electron chi connectivity index (χ4n) is 2.63. The standard InChI is InChI=1S/C13H14FN3O3/c14-10-5-9(6-15-7-10)12(18)16-2-1-11(8-16)17-3-4-20-13(17)19/h5-7,11H,1-4,8H2. The molecule has 1 unspecified atom stereocenters. The molecule has 7 heteroatoms. The predicted molar refractivity (Wildman–Crippen MR) is 66.6 cm³/mol. The molecule has 0 bridgehead atoms. The minimum Gasteiger partial charge on any atom is -0.448 e. The number of halogens is 1. The lowest BCUT2D eigenvalue weighted by Crippen LogP contribution is -2.39. The summed E-state index contributed by atoms with van der Waals surface area (Å²) in [4.78, 5) is 30.7. The highest BCUT2D eigenvalue weighted by atomic mass is 19.1. The molecule has 0 saturated carbocycles. The van der Waals surface area contributed by atoms with Gasteiger partial charge in [-0.2, -0.15) is 0 Å². The van der Waals surface area contributed by atoms with Gasteiger partial charge in [0, 0.05) is 19.3 Å². The second kappa shape index (κ2) is 5.07. The Balaban J connectivity index is 1.68. The quantitative estimate of drug-likeness (QED) is 0.806. The molecule has 20 heavy (non-hydrogen) atoms. The molecule has 6 nitrogen and oxygen atoms in total. The van der Waals surface area contributed by atoms with Crippen LogP contribution in [0.2, 0.25) is 0 Å². The van der Waals surface area contributed by atoms with E-state index in [1.807, 2.05) is 0 Å². The van der Waals surface area contributed by atoms with E-state index in [2.05, 4.69) is 4.98 Å². The highest BCUT2D eigenvalue weighted by molar-refractivity contribution is 5.94. The van der Waals surface area contributed by atoms with Crippen molar-refractivity contribution in [3.63, 3.8) is 0 Å². The van der Waals surface area contributed by atoms with Gasteiger partial charge in [0.05, 0.1) is 24.3 Å². The van der Waals surface area contributed by atoms with Gasteiger partial charge in [-0.15, -0.1) is 0 Å². The molecular formula is C13H14FN3O3. The summed E-state index contributed by atoms with van der Waals surface area (Å²) < 4.78 is 18.0. The van der Waals surface area contributed by atoms with Crippen LogP contribution in [-0.4, -0.2) is 59.1 Å². The number of carbonyl (C=O) groups excluding carboxylic acids is 2. The number of carbonyl (C=O) groups is 2. The zero-order valence-electron chi connectivity index (χ0n) is 10.8. The highest BCUT2D eigenvalue weighted by Crippen LogP contribution is 2.20. The number of ether oxygens (including phenoxy) is 1. The maximum absolute atomic E-state index is 13.1. The molecule has 0 spiro atoms. The molecule has 2 amide bonds. The normalized spacial score (nSPS) is 22.2. The number of likely N-dealkylation sites (tertiary alicyclic amines) is 1. The maximum atomic E-state index is 13.1. The molecule has 3 heterocycles. The molecule has 2 fully saturated rings. The van der Waals surface area contributed by atoms with E-state index in [0.717, 1.165) is 6.20 Å². The van der Waals surface area contributed by atoms with Crippen molar-refractivity contribution in [1.29, 1.82) is 0 Å². The van der Waals surface area contributed by atoms with E-state index in [1.54, 1.807) is 9.80 Å². The summed E-state index contributed by atoms with van der Waals surface area (Å²) >= 11 is 0. The van der Waals surface area contributed by atoms with Crippen LogP contribution in [0.25, 0.3) is 0 Å². The van der Waals surface area contributed by atoms with Gasteiger partial charge in [0.15, 0.2) is 0 Å². The van der Waals surface area contributed by atoms with Crippen LogP contribution in [0.5, 0.6) is 0 Å². The fourth-order valence-corrected chi connectivity index (χ4v) is 2.63. The largest absolute Gasteiger partial charge is 0.448 e. The molecule has 1 atom stereocenters. The van der Waals surface area contributed by atoms with Gasteiger partial charge in [-0.3, -0.25) is 14.7 Å². The van der Waals surface area contributed by atoms with Crippen molar-refractivity contribution >= 4 is 12.0 Å². The number of hydrogen-bond acceptors (Lipinski definition) is 4. The number of rotatable bonds is 2. The molecule has 0 aliphatic carbocycles. The average molecular weight is 279 g/mol. The van der Waals surface area contributed by atoms with Crippen LogP contribution in [0.1, 0.15) is 16.8 Å². The van der Waals surface area contributed by atoms with Crippen LogP contribution < -0.4 is 0 Å². The van der Waals surface area contributed by atoms with Crippen LogP contribution in [-0.2, 0) is 4.74 Å². The predicted octanol–water partition coefficient (Wildman–Crippen LogP) is 0.887. The zero-order valence-corrected chi connectivity index (χ0v) is 10.8. The lowest BCUT2D eigenvalue weighted by atomic mass is 10.2. The number of pyridine rings is 1. The van der Waals surface area contributed by atoms with Gasteiger partial charge in [0.1, 0.15) is 12.4 Å². The first kappa shape index (κ1) is 12.8. The average Bonchev–Trinajstić information content (AvgIpc) is 3.06. The third-order valence-corrected chi connectivity index (χ3v) is 3.64. The lowest BCUT2D eigenvalue weighted by molar-refractivity contribution is 0.0779. The molecule has 1 aromatic rings. The summed E-state index contributed by atoms with van der Waals surface area (Å²) in [5.74, 6) is -0.790. The van der Waals surface area contributed by atoms with Crippen molar-refractivity contribution in [2.24, 2.45) is 0 Å². The van der Waals surface area contributed by atoms with Gasteiger partial charge in [-0.05, 0) is 12.5 Å². The Kier molecular flexibility index (Phi) is 3.25. The van der Waals surface area contributed by atoms with Crippen molar-refractivity contribution in [3.8, 4) is 0 Å². The SMILES string of the molecule is O=C(c1cncc(F)c1)N1CCC(N2CCOC2=O)C1. The highest BCUT2D eigenvalue weighted by Gasteiger charge is 2.36. The minimum absolute atomic E-state index is 0.0181. The summed E-state index contributed by atoms with van der Waals surface area (Å²) in [6.07, 6.45) is 2.80. The second-order valence-electron chi connectivity index (χ2n) is 4.89. The third kappa shape index (κ3) is 2.31. The Morgan fingerprint density at radius 1 is 1.40 bits per heavy atom. The first-order valence-corrected chi connectivity index (χ1v) is 6.48. The Hall–Kier alpha value is -2.18. The van der Waals surface area contributed by atoms with Crippen LogP contribution in [0.4, 0.5) is 9.18 Å². The molecule has 0 N–H and O–H groups in total. The van der Waals surface area contributed by atoms with Crippen LogP contribution in [0, 0.1) is 5.82 Å². The van der Waals surface area contributed by atoms with Crippen molar-refractivity contribution in [2.45, 2.75) is 12.5 Å². The Morgan fingerprint density at radius 3 is 2.95 bits per heavy atom. The lowest BCUT2D eigenvalue weighted by Gasteiger charge is -2.21. The van der Waals surface area contributed by atoms with E-state index in [1.165, 1.54) is 12.3 Å². The van der Waals surface area contributed by atoms with E-state index >= 15 is 0 Å². The van der Waals surface area contributed by atoms with Gasteiger partial charge in [-0.25, -0.2) is 9.18 Å². The molecule has 2 aliphatic rings. The number of hydrogen-bond donors (Lipinski definition) is 0. The topological polar surface area (TPSA) is 62.7 Å². The van der Waals surface area contributed by atoms with Crippen LogP contribution in [0.15, 0.2) is 18.5 Å². The van der Waals surface area contributed by atoms with Crippen molar-refractivity contribution in [2.75, 3.05) is 26.2 Å². The van der Waals surface area contributed by atoms with Crippen molar-refractivity contribution in [3.05, 3.63) is 29.8 Å². The zero-order chi connectivity index (χ0) is 14.1. The monoisotopic (exact) mass is 279 g/mol. The number of cyclic esters (lactones) is 1. The molecule has 2 aliphatic heterocycles. The van der Waals surface area contributed by atoms with Crippen LogP contribution in [0.3, 0.4) is 0 Å². The summed E-state index contributed by atoms with van der Waals surface area (Å²) in [6.45, 7) is 1.96. The van der Waals surface area contributed by atoms with E-state index in [-0.39, 0.29) is 23.6 Å². The summed E-state index contributed by atoms with van der Waals surface area (Å²) in [7, 11) is 0. The molecule has 3 rings (SSSR count). The van der Waals surface area contributed by atoms with Gasteiger partial charge in [0.2, 0.25) is 0 Å². The Labute approximate surface area is 115 Å². The molecule has 0 radical (unpaired) electrons. The summed E-state index contributed by atoms with van der Waals surface area (Å²) in [5, 5.41) is 0. The molecule has 0 aromatic carbocycles. The van der Waals surface area contributed by atoms with E-state index < -0.39 is 5.82 Å². The van der Waals surface area contributed by atoms with Gasteiger partial charge in [0.25, 0.3) is 5.91 Å². The maximum Gasteiger partial charge on any atom is 0.410 e. The van der Waals surface area contributed by atoms with E-state index in [4.69, 9.17) is 4.74 Å². The first-order valence-electron chi connectivity index (χ1n) is 6.48. The molecule has 2 saturated heterocycles. The van der Waals surface area contributed by atoms with E-state index in [0.29, 0.717) is 32.7 Å². The number of nitrogens with zero attached hydrogens (tertiary/aromatic N) is 3. The first-order chi connectivity index (χ1) is 9.65. The van der Waals surface area contributed by atoms with Gasteiger partial charge < -0.3 is 9.64 Å². The summed E-state index contributed by atoms with van der Waals surface area (Å²) in [6, 6.07) is 1.16. The third-order valence-electron chi connectivity index (χ3n) is 3.64. The van der Waals surface area contributed by atoms with Gasteiger partial charge >= 0.3 is 6.09 Å². The number of aromatic nitrogens is 1. The van der Waals surface area contributed by atoms with E-state index in [9.17, 15) is 14.0 Å². The van der Waals surface area contributed by atoms with Crippen molar-refractivity contribution < 1.29 is 18.7 Å². The number of amides is 2. The summed E-state index contributed by atoms with van der Waals surface area (Å²) in [5.41, 5.74) is 0.231. The van der Waals surface area contributed by atoms with Crippen LogP contribution >= 0.6 is 0 Å². The Bertz CT molecular complexity index is 551. The Morgan fingerprint density at radius 2 is 2.25 bits per heavy atom.